The number of hydrogen-bond acceptors (Lipinski definition) is 5. The number of nitriles is 2. The molecule has 1 aromatic heterocycles. The van der Waals surface area contributed by atoms with E-state index in [1.54, 1.807) is 6.07 Å². The fourth-order valence-corrected chi connectivity index (χ4v) is 3.51. The molecule has 3 unspecified atom stereocenters. The molecule has 0 spiro atoms. The number of aromatic nitrogens is 1. The molecule has 1 amide bonds. The van der Waals surface area contributed by atoms with Gasteiger partial charge in [0.15, 0.2) is 0 Å². The third-order valence-corrected chi connectivity index (χ3v) is 4.99. The highest BCUT2D eigenvalue weighted by atomic mass is 19.4. The first-order chi connectivity index (χ1) is 14.9. The van der Waals surface area contributed by atoms with Gasteiger partial charge in [0.05, 0.1) is 35.1 Å². The lowest BCUT2D eigenvalue weighted by Crippen LogP contribution is -2.46. The molecular formula is C20H13F6N5O. The Morgan fingerprint density at radius 3 is 2.34 bits per heavy atom. The van der Waals surface area contributed by atoms with Crippen molar-refractivity contribution in [1.82, 2.24) is 10.3 Å². The van der Waals surface area contributed by atoms with Crippen LogP contribution in [0.5, 0.6) is 0 Å². The maximum Gasteiger partial charge on any atom is 0.417 e. The Hall–Kier alpha value is -3.64. The normalized spacial score (nSPS) is 20.9. The number of alkyl halides is 6. The number of pyridine rings is 1. The van der Waals surface area contributed by atoms with Gasteiger partial charge in [-0.25, -0.2) is 4.98 Å². The van der Waals surface area contributed by atoms with E-state index >= 15 is 0 Å². The predicted octanol–water partition coefficient (Wildman–Crippen LogP) is 3.86. The number of nitrogens with one attached hydrogen (secondary N) is 2. The number of halogens is 6. The number of anilines is 1. The summed E-state index contributed by atoms with van der Waals surface area (Å²) >= 11 is 0. The predicted molar refractivity (Wildman–Crippen MR) is 97.9 cm³/mol. The Kier molecular flexibility index (Phi) is 6.10. The summed E-state index contributed by atoms with van der Waals surface area (Å²) in [6.45, 7) is 0. The van der Waals surface area contributed by atoms with Gasteiger partial charge in [0, 0.05) is 5.92 Å². The molecule has 6 nitrogen and oxygen atoms in total. The maximum atomic E-state index is 13.6. The summed E-state index contributed by atoms with van der Waals surface area (Å²) in [7, 11) is 0. The molecule has 1 aliphatic heterocycles. The average molecular weight is 453 g/mol. The van der Waals surface area contributed by atoms with Crippen molar-refractivity contribution in [1.29, 1.82) is 10.5 Å². The van der Waals surface area contributed by atoms with Gasteiger partial charge in [-0.1, -0.05) is 6.07 Å². The third-order valence-electron chi connectivity index (χ3n) is 4.99. The first-order valence-electron chi connectivity index (χ1n) is 9.05. The smallest absolute Gasteiger partial charge is 0.323 e. The van der Waals surface area contributed by atoms with Gasteiger partial charge in [-0.3, -0.25) is 10.1 Å². The van der Waals surface area contributed by atoms with Gasteiger partial charge in [0.1, 0.15) is 17.8 Å². The molecule has 0 bridgehead atoms. The Morgan fingerprint density at radius 1 is 1.09 bits per heavy atom. The first kappa shape index (κ1) is 23.0. The standard InChI is InChI=1S/C20H13F6N5O/c21-19(22,23)15-5-10(1-2-11(15)7-27)14-6-16(31-17(14)20(24,25)26)18(32)30-13-4-3-12(8-28)29-9-13/h1-5,9,14,16-17,31H,6H2,(H,30,32). The van der Waals surface area contributed by atoms with Crippen LogP contribution in [0, 0.1) is 22.7 Å². The summed E-state index contributed by atoms with van der Waals surface area (Å²) < 4.78 is 80.6. The number of carbonyl (C=O) groups is 1. The van der Waals surface area contributed by atoms with E-state index < -0.39 is 53.8 Å². The molecule has 3 atom stereocenters. The van der Waals surface area contributed by atoms with Crippen LogP contribution in [0.4, 0.5) is 32.0 Å². The number of rotatable bonds is 3. The molecule has 3 rings (SSSR count). The minimum Gasteiger partial charge on any atom is -0.323 e. The zero-order chi connectivity index (χ0) is 23.7. The van der Waals surface area contributed by atoms with Crippen molar-refractivity contribution in [2.75, 3.05) is 5.32 Å². The van der Waals surface area contributed by atoms with Crippen LogP contribution in [0.15, 0.2) is 36.5 Å². The van der Waals surface area contributed by atoms with Crippen LogP contribution in [0.2, 0.25) is 0 Å². The molecule has 1 saturated heterocycles. The number of hydrogen-bond donors (Lipinski definition) is 2. The highest BCUT2D eigenvalue weighted by Crippen LogP contribution is 2.42. The lowest BCUT2D eigenvalue weighted by Gasteiger charge is -2.23. The lowest BCUT2D eigenvalue weighted by atomic mass is 9.88. The van der Waals surface area contributed by atoms with Gasteiger partial charge in [0.25, 0.3) is 0 Å². The molecule has 0 saturated carbocycles. The summed E-state index contributed by atoms with van der Waals surface area (Å²) in [6.07, 6.45) is -9.05. The molecule has 1 aliphatic rings. The number of nitrogens with zero attached hydrogens (tertiary/aromatic N) is 3. The molecule has 2 N–H and O–H groups in total. The minimum atomic E-state index is -4.93. The second-order valence-electron chi connectivity index (χ2n) is 7.03. The van der Waals surface area contributed by atoms with E-state index in [1.807, 2.05) is 0 Å². The summed E-state index contributed by atoms with van der Waals surface area (Å²) in [5, 5.41) is 22.1. The van der Waals surface area contributed by atoms with Gasteiger partial charge in [0.2, 0.25) is 5.91 Å². The third kappa shape index (κ3) is 4.81. The fourth-order valence-electron chi connectivity index (χ4n) is 3.51. The molecule has 2 aromatic rings. The summed E-state index contributed by atoms with van der Waals surface area (Å²) in [5.41, 5.74) is -2.13. The van der Waals surface area contributed by atoms with Crippen LogP contribution in [-0.2, 0) is 11.0 Å². The van der Waals surface area contributed by atoms with E-state index in [4.69, 9.17) is 10.5 Å². The Balaban J connectivity index is 1.88. The zero-order valence-electron chi connectivity index (χ0n) is 15.9. The van der Waals surface area contributed by atoms with Crippen LogP contribution in [0.3, 0.4) is 0 Å². The first-order valence-corrected chi connectivity index (χ1v) is 9.05. The van der Waals surface area contributed by atoms with E-state index in [1.165, 1.54) is 18.2 Å². The minimum absolute atomic E-state index is 0.0699. The van der Waals surface area contributed by atoms with Crippen molar-refractivity contribution in [3.8, 4) is 12.1 Å². The van der Waals surface area contributed by atoms with Crippen LogP contribution in [0.25, 0.3) is 0 Å². The van der Waals surface area contributed by atoms with Crippen LogP contribution in [-0.4, -0.2) is 29.2 Å². The van der Waals surface area contributed by atoms with Crippen LogP contribution >= 0.6 is 0 Å². The van der Waals surface area contributed by atoms with Crippen molar-refractivity contribution < 1.29 is 31.1 Å². The Labute approximate surface area is 177 Å². The van der Waals surface area contributed by atoms with E-state index in [0.29, 0.717) is 6.07 Å². The zero-order valence-corrected chi connectivity index (χ0v) is 15.9. The lowest BCUT2D eigenvalue weighted by molar-refractivity contribution is -0.156. The summed E-state index contributed by atoms with van der Waals surface area (Å²) in [6, 6.07) is 4.54. The second kappa shape index (κ2) is 8.48. The van der Waals surface area contributed by atoms with Gasteiger partial charge in [-0.15, -0.1) is 0 Å². The van der Waals surface area contributed by atoms with Gasteiger partial charge in [-0.05, 0) is 36.2 Å². The molecule has 32 heavy (non-hydrogen) atoms. The van der Waals surface area contributed by atoms with E-state index in [2.05, 4.69) is 15.6 Å². The average Bonchev–Trinajstić information content (AvgIpc) is 3.19. The molecule has 1 aromatic carbocycles. The topological polar surface area (TPSA) is 102 Å². The quantitative estimate of drug-likeness (QED) is 0.688. The molecule has 166 valence electrons. The second-order valence-corrected chi connectivity index (χ2v) is 7.03. The summed E-state index contributed by atoms with van der Waals surface area (Å²) in [4.78, 5) is 16.2. The maximum absolute atomic E-state index is 13.6. The van der Waals surface area contributed by atoms with E-state index in [9.17, 15) is 31.1 Å². The largest absolute Gasteiger partial charge is 0.417 e. The van der Waals surface area contributed by atoms with Crippen LogP contribution in [0.1, 0.15) is 34.7 Å². The molecule has 0 radical (unpaired) electrons. The number of carbonyl (C=O) groups excluding carboxylic acids is 1. The molecule has 12 heteroatoms. The van der Waals surface area contributed by atoms with Crippen molar-refractivity contribution in [3.05, 3.63) is 58.9 Å². The summed E-state index contributed by atoms with van der Waals surface area (Å²) in [5.74, 6) is -2.32. The number of benzene rings is 1. The van der Waals surface area contributed by atoms with Gasteiger partial charge in [-0.2, -0.15) is 36.9 Å². The van der Waals surface area contributed by atoms with Gasteiger partial charge < -0.3 is 5.32 Å². The number of amides is 1. The van der Waals surface area contributed by atoms with Crippen LogP contribution < -0.4 is 10.6 Å². The van der Waals surface area contributed by atoms with Crippen molar-refractivity contribution >= 4 is 11.6 Å². The molecule has 0 aliphatic carbocycles. The molecule has 2 heterocycles. The van der Waals surface area contributed by atoms with Gasteiger partial charge >= 0.3 is 12.4 Å². The molecule has 1 fully saturated rings. The molecular weight excluding hydrogens is 440 g/mol. The highest BCUT2D eigenvalue weighted by molar-refractivity contribution is 5.95. The van der Waals surface area contributed by atoms with Crippen molar-refractivity contribution in [3.63, 3.8) is 0 Å². The Bertz CT molecular complexity index is 1100. The fraction of sp³-hybridized carbons (Fsp3) is 0.300. The monoisotopic (exact) mass is 453 g/mol. The Morgan fingerprint density at radius 2 is 1.81 bits per heavy atom. The SMILES string of the molecule is N#Cc1ccc(NC(=O)C2CC(c3ccc(C#N)c(C(F)(F)F)c3)C(C(F)(F)F)N2)cn1. The van der Waals surface area contributed by atoms with Crippen molar-refractivity contribution in [2.45, 2.75) is 36.8 Å². The van der Waals surface area contributed by atoms with E-state index in [0.717, 1.165) is 18.3 Å². The highest BCUT2D eigenvalue weighted by Gasteiger charge is 2.52. The van der Waals surface area contributed by atoms with E-state index in [-0.39, 0.29) is 16.9 Å². The van der Waals surface area contributed by atoms with Crippen molar-refractivity contribution in [2.24, 2.45) is 0 Å².